The number of halogens is 1. The molecule has 0 radical (unpaired) electrons. The van der Waals surface area contributed by atoms with Crippen LogP contribution in [0.25, 0.3) is 0 Å². The van der Waals surface area contributed by atoms with Crippen LogP contribution in [0, 0.1) is 0 Å². The highest BCUT2D eigenvalue weighted by atomic mass is 79.9. The van der Waals surface area contributed by atoms with Gasteiger partial charge in [-0.1, -0.05) is 34.5 Å². The van der Waals surface area contributed by atoms with Crippen molar-refractivity contribution in [1.82, 2.24) is 0 Å². The molecule has 0 spiro atoms. The minimum absolute atomic E-state index is 0.0953. The molecule has 0 saturated carbocycles. The SMILES string of the molecule is CCCOC(CBr)OC1C=C(C)CC1. The summed E-state index contributed by atoms with van der Waals surface area (Å²) in [6.07, 6.45) is 5.66. The van der Waals surface area contributed by atoms with Crippen molar-refractivity contribution in [3.8, 4) is 0 Å². The van der Waals surface area contributed by atoms with Gasteiger partial charge in [0.25, 0.3) is 0 Å². The summed E-state index contributed by atoms with van der Waals surface area (Å²) >= 11 is 3.40. The minimum Gasteiger partial charge on any atom is -0.352 e. The molecule has 14 heavy (non-hydrogen) atoms. The number of hydrogen-bond donors (Lipinski definition) is 0. The molecule has 0 aliphatic heterocycles. The standard InChI is InChI=1S/C11H19BrO2/c1-3-6-13-11(8-12)14-10-5-4-9(2)7-10/h7,10-11H,3-6,8H2,1-2H3. The van der Waals surface area contributed by atoms with Gasteiger partial charge >= 0.3 is 0 Å². The predicted molar refractivity (Wildman–Crippen MR) is 61.7 cm³/mol. The van der Waals surface area contributed by atoms with Gasteiger partial charge in [-0.25, -0.2) is 0 Å². The maximum Gasteiger partial charge on any atom is 0.167 e. The van der Waals surface area contributed by atoms with Crippen molar-refractivity contribution in [2.45, 2.75) is 45.5 Å². The van der Waals surface area contributed by atoms with Crippen LogP contribution in [0.5, 0.6) is 0 Å². The second-order valence-electron chi connectivity index (χ2n) is 3.68. The summed E-state index contributed by atoms with van der Waals surface area (Å²) in [6, 6.07) is 0. The zero-order valence-corrected chi connectivity index (χ0v) is 10.5. The van der Waals surface area contributed by atoms with Gasteiger partial charge in [0.2, 0.25) is 0 Å². The summed E-state index contributed by atoms with van der Waals surface area (Å²) in [5, 5.41) is 0.746. The first-order valence-corrected chi connectivity index (χ1v) is 6.38. The topological polar surface area (TPSA) is 18.5 Å². The van der Waals surface area contributed by atoms with E-state index in [1.54, 1.807) is 0 Å². The lowest BCUT2D eigenvalue weighted by Crippen LogP contribution is -2.24. The van der Waals surface area contributed by atoms with Gasteiger partial charge in [-0.15, -0.1) is 0 Å². The van der Waals surface area contributed by atoms with Gasteiger partial charge in [0.05, 0.1) is 11.4 Å². The van der Waals surface area contributed by atoms with Gasteiger partial charge < -0.3 is 9.47 Å². The number of hydrogen-bond acceptors (Lipinski definition) is 2. The highest BCUT2D eigenvalue weighted by Gasteiger charge is 2.18. The highest BCUT2D eigenvalue weighted by molar-refractivity contribution is 9.09. The first-order chi connectivity index (χ1) is 6.76. The van der Waals surface area contributed by atoms with Crippen molar-refractivity contribution < 1.29 is 9.47 Å². The van der Waals surface area contributed by atoms with Crippen LogP contribution in [0.15, 0.2) is 11.6 Å². The lowest BCUT2D eigenvalue weighted by atomic mass is 10.3. The molecule has 0 aromatic carbocycles. The zero-order chi connectivity index (χ0) is 10.4. The lowest BCUT2D eigenvalue weighted by Gasteiger charge is -2.19. The summed E-state index contributed by atoms with van der Waals surface area (Å²) in [5.41, 5.74) is 1.43. The van der Waals surface area contributed by atoms with E-state index in [0.717, 1.165) is 31.2 Å². The summed E-state index contributed by atoms with van der Waals surface area (Å²) in [6.45, 7) is 5.02. The fourth-order valence-electron chi connectivity index (χ4n) is 1.53. The van der Waals surface area contributed by atoms with Crippen molar-refractivity contribution in [3.63, 3.8) is 0 Å². The van der Waals surface area contributed by atoms with Gasteiger partial charge in [0.15, 0.2) is 6.29 Å². The number of ether oxygens (including phenoxy) is 2. The maximum atomic E-state index is 5.79. The molecule has 1 rings (SSSR count). The molecule has 2 nitrogen and oxygen atoms in total. The molecule has 3 heteroatoms. The van der Waals surface area contributed by atoms with Crippen LogP contribution >= 0.6 is 15.9 Å². The van der Waals surface area contributed by atoms with Crippen molar-refractivity contribution in [1.29, 1.82) is 0 Å². The van der Waals surface area contributed by atoms with Crippen LogP contribution in [0.2, 0.25) is 0 Å². The van der Waals surface area contributed by atoms with Gasteiger partial charge in [-0.2, -0.15) is 0 Å². The van der Waals surface area contributed by atoms with E-state index >= 15 is 0 Å². The third kappa shape index (κ3) is 4.11. The third-order valence-electron chi connectivity index (χ3n) is 2.25. The number of allylic oxidation sites excluding steroid dienone is 1. The van der Waals surface area contributed by atoms with E-state index in [2.05, 4.69) is 35.9 Å². The summed E-state index contributed by atoms with van der Waals surface area (Å²) in [4.78, 5) is 0. The monoisotopic (exact) mass is 262 g/mol. The van der Waals surface area contributed by atoms with E-state index in [1.165, 1.54) is 5.57 Å². The third-order valence-corrected chi connectivity index (χ3v) is 2.78. The average molecular weight is 263 g/mol. The second-order valence-corrected chi connectivity index (χ2v) is 4.33. The number of alkyl halides is 1. The van der Waals surface area contributed by atoms with E-state index in [-0.39, 0.29) is 12.4 Å². The van der Waals surface area contributed by atoms with E-state index in [0.29, 0.717) is 0 Å². The molecule has 0 N–H and O–H groups in total. The Hall–Kier alpha value is 0.140. The van der Waals surface area contributed by atoms with Crippen molar-refractivity contribution in [2.75, 3.05) is 11.9 Å². The van der Waals surface area contributed by atoms with Crippen LogP contribution in [0.1, 0.15) is 33.1 Å². The molecule has 0 amide bonds. The van der Waals surface area contributed by atoms with Gasteiger partial charge in [-0.3, -0.25) is 0 Å². The first kappa shape index (κ1) is 12.2. The Morgan fingerprint density at radius 3 is 2.93 bits per heavy atom. The van der Waals surface area contributed by atoms with Crippen LogP contribution < -0.4 is 0 Å². The normalized spacial score (nSPS) is 23.6. The smallest absolute Gasteiger partial charge is 0.167 e. The van der Waals surface area contributed by atoms with Crippen LogP contribution in [-0.2, 0) is 9.47 Å². The highest BCUT2D eigenvalue weighted by Crippen LogP contribution is 2.22. The van der Waals surface area contributed by atoms with Crippen molar-refractivity contribution in [2.24, 2.45) is 0 Å². The van der Waals surface area contributed by atoms with Crippen LogP contribution in [0.3, 0.4) is 0 Å². The fraction of sp³-hybridized carbons (Fsp3) is 0.818. The lowest BCUT2D eigenvalue weighted by molar-refractivity contribution is -0.144. The first-order valence-electron chi connectivity index (χ1n) is 5.26. The summed E-state index contributed by atoms with van der Waals surface area (Å²) in [5.74, 6) is 0. The minimum atomic E-state index is -0.0953. The molecule has 2 atom stereocenters. The van der Waals surface area contributed by atoms with Gasteiger partial charge in [-0.05, 0) is 26.2 Å². The molecule has 82 valence electrons. The molecule has 0 fully saturated rings. The molecule has 2 unspecified atom stereocenters. The molecule has 0 bridgehead atoms. The molecular formula is C11H19BrO2. The van der Waals surface area contributed by atoms with Crippen molar-refractivity contribution >= 4 is 15.9 Å². The Kier molecular flexibility index (Phi) is 5.75. The van der Waals surface area contributed by atoms with E-state index < -0.39 is 0 Å². The average Bonchev–Trinajstić information content (AvgIpc) is 2.58. The Labute approximate surface area is 94.8 Å². The second kappa shape index (κ2) is 6.59. The largest absolute Gasteiger partial charge is 0.352 e. The molecule has 1 aliphatic rings. The number of rotatable bonds is 6. The molecule has 0 saturated heterocycles. The molecule has 0 aromatic heterocycles. The Bertz CT molecular complexity index is 192. The molecule has 1 aliphatic carbocycles. The van der Waals surface area contributed by atoms with E-state index in [4.69, 9.17) is 9.47 Å². The molecule has 0 heterocycles. The molecular weight excluding hydrogens is 244 g/mol. The van der Waals surface area contributed by atoms with E-state index in [1.807, 2.05) is 0 Å². The summed E-state index contributed by atoms with van der Waals surface area (Å²) < 4.78 is 11.3. The van der Waals surface area contributed by atoms with Crippen molar-refractivity contribution in [3.05, 3.63) is 11.6 Å². The van der Waals surface area contributed by atoms with Gasteiger partial charge in [0, 0.05) is 6.61 Å². The van der Waals surface area contributed by atoms with Crippen LogP contribution in [0.4, 0.5) is 0 Å². The Morgan fingerprint density at radius 1 is 1.64 bits per heavy atom. The van der Waals surface area contributed by atoms with E-state index in [9.17, 15) is 0 Å². The maximum absolute atomic E-state index is 5.79. The van der Waals surface area contributed by atoms with Gasteiger partial charge in [0.1, 0.15) is 0 Å². The molecule has 0 aromatic rings. The predicted octanol–water partition coefficient (Wildman–Crippen LogP) is 3.26. The van der Waals surface area contributed by atoms with Crippen LogP contribution in [-0.4, -0.2) is 24.3 Å². The fourth-order valence-corrected chi connectivity index (χ4v) is 1.87. The quantitative estimate of drug-likeness (QED) is 0.416. The Morgan fingerprint density at radius 2 is 2.43 bits per heavy atom. The zero-order valence-electron chi connectivity index (χ0n) is 8.96. The Balaban J connectivity index is 2.26. The summed E-state index contributed by atoms with van der Waals surface area (Å²) in [7, 11) is 0.